The normalized spacial score (nSPS) is 14.1. The fourth-order valence-corrected chi connectivity index (χ4v) is 3.19. The first-order valence-corrected chi connectivity index (χ1v) is 9.84. The molecule has 0 N–H and O–H groups in total. The molecule has 1 aliphatic rings. The zero-order chi connectivity index (χ0) is 19.6. The third-order valence-corrected chi connectivity index (χ3v) is 4.82. The molecule has 1 atom stereocenters. The molecule has 148 valence electrons. The van der Waals surface area contributed by atoms with Crippen LogP contribution in [0.15, 0.2) is 29.8 Å². The number of Topliss-reactive ketones (excluding diaryl/α,β-unsaturated/α-hetero) is 1. The number of hydrogen-bond donors (Lipinski definition) is 0. The first kappa shape index (κ1) is 21.0. The molecule has 0 fully saturated rings. The number of carbonyl (C=O) groups is 2. The Labute approximate surface area is 161 Å². The van der Waals surface area contributed by atoms with Crippen LogP contribution in [0.2, 0.25) is 0 Å². The third-order valence-electron chi connectivity index (χ3n) is 4.82. The molecule has 0 aromatic heterocycles. The molecule has 5 heteroatoms. The molecule has 1 unspecified atom stereocenters. The highest BCUT2D eigenvalue weighted by molar-refractivity contribution is 5.98. The first-order valence-electron chi connectivity index (χ1n) is 9.84. The Bertz CT molecular complexity index is 677. The van der Waals surface area contributed by atoms with Gasteiger partial charge in [-0.25, -0.2) is 0 Å². The van der Waals surface area contributed by atoms with Crippen molar-refractivity contribution >= 4 is 11.8 Å². The summed E-state index contributed by atoms with van der Waals surface area (Å²) in [5.74, 6) is 0.542. The fourth-order valence-electron chi connectivity index (χ4n) is 3.19. The van der Waals surface area contributed by atoms with Gasteiger partial charge in [-0.05, 0) is 56.7 Å². The minimum atomic E-state index is -0.640. The molecule has 1 heterocycles. The van der Waals surface area contributed by atoms with Gasteiger partial charge in [0.25, 0.3) is 0 Å². The molecule has 1 aliphatic heterocycles. The van der Waals surface area contributed by atoms with Gasteiger partial charge in [-0.1, -0.05) is 31.6 Å². The van der Waals surface area contributed by atoms with E-state index in [1.165, 1.54) is 11.1 Å². The van der Waals surface area contributed by atoms with Gasteiger partial charge >= 0.3 is 5.97 Å². The highest BCUT2D eigenvalue weighted by Crippen LogP contribution is 2.32. The minimum Gasteiger partial charge on any atom is -0.465 e. The molecule has 0 bridgehead atoms. The van der Waals surface area contributed by atoms with E-state index in [0.717, 1.165) is 37.2 Å². The summed E-state index contributed by atoms with van der Waals surface area (Å²) >= 11 is 0. The molecule has 5 nitrogen and oxygen atoms in total. The van der Waals surface area contributed by atoms with E-state index in [1.54, 1.807) is 13.8 Å². The van der Waals surface area contributed by atoms with E-state index < -0.39 is 5.92 Å². The Balaban J connectivity index is 1.89. The molecule has 0 saturated carbocycles. The monoisotopic (exact) mass is 374 g/mol. The summed E-state index contributed by atoms with van der Waals surface area (Å²) in [6.45, 7) is 6.25. The van der Waals surface area contributed by atoms with Crippen LogP contribution in [0.3, 0.4) is 0 Å². The molecule has 0 amide bonds. The lowest BCUT2D eigenvalue weighted by atomic mass is 9.93. The van der Waals surface area contributed by atoms with Crippen molar-refractivity contribution in [3.05, 3.63) is 35.4 Å². The number of carbonyl (C=O) groups excluding carboxylic acids is 2. The van der Waals surface area contributed by atoms with E-state index in [-0.39, 0.29) is 18.5 Å². The highest BCUT2D eigenvalue weighted by Gasteiger charge is 2.26. The van der Waals surface area contributed by atoms with Crippen LogP contribution < -0.4 is 9.47 Å². The van der Waals surface area contributed by atoms with Crippen molar-refractivity contribution in [2.75, 3.05) is 13.4 Å². The maximum atomic E-state index is 12.1. The van der Waals surface area contributed by atoms with Crippen molar-refractivity contribution < 1.29 is 23.8 Å². The number of ketones is 1. The second-order valence-corrected chi connectivity index (χ2v) is 6.61. The molecule has 27 heavy (non-hydrogen) atoms. The predicted molar refractivity (Wildman–Crippen MR) is 104 cm³/mol. The van der Waals surface area contributed by atoms with E-state index in [9.17, 15) is 9.59 Å². The number of benzene rings is 1. The summed E-state index contributed by atoms with van der Waals surface area (Å²) in [5, 5.41) is 0. The van der Waals surface area contributed by atoms with Crippen LogP contribution in [0.1, 0.15) is 58.4 Å². The van der Waals surface area contributed by atoms with Crippen LogP contribution in [0.4, 0.5) is 0 Å². The van der Waals surface area contributed by atoms with Gasteiger partial charge < -0.3 is 14.2 Å². The van der Waals surface area contributed by atoms with Crippen molar-refractivity contribution in [2.45, 2.75) is 59.3 Å². The fraction of sp³-hybridized carbons (Fsp3) is 0.545. The van der Waals surface area contributed by atoms with Crippen molar-refractivity contribution in [1.29, 1.82) is 0 Å². The van der Waals surface area contributed by atoms with Gasteiger partial charge in [-0.2, -0.15) is 0 Å². The zero-order valence-corrected chi connectivity index (χ0v) is 16.6. The molecule has 0 saturated heterocycles. The topological polar surface area (TPSA) is 61.8 Å². The Morgan fingerprint density at radius 1 is 1.15 bits per heavy atom. The number of aryl methyl sites for hydroxylation is 1. The quantitative estimate of drug-likeness (QED) is 0.321. The average molecular weight is 374 g/mol. The maximum Gasteiger partial charge on any atom is 0.316 e. The van der Waals surface area contributed by atoms with Crippen LogP contribution in [0, 0.1) is 5.92 Å². The van der Waals surface area contributed by atoms with E-state index >= 15 is 0 Å². The standard InChI is InChI=1S/C22H30O5/c1-4-16(10-12-18(19(23)5-2)22(24)25-6-3)8-7-9-17-11-13-20-21(14-17)27-15-26-20/h8,11,13-14,18H,4-7,9-10,12,15H2,1-3H3. The number of ether oxygens (including phenoxy) is 3. The van der Waals surface area contributed by atoms with Gasteiger partial charge in [0.2, 0.25) is 6.79 Å². The predicted octanol–water partition coefficient (Wildman–Crippen LogP) is 4.62. The lowest BCUT2D eigenvalue weighted by Gasteiger charge is -2.14. The first-order chi connectivity index (χ1) is 13.1. The lowest BCUT2D eigenvalue weighted by molar-refractivity contribution is -0.151. The molecule has 0 aliphatic carbocycles. The SMILES string of the molecule is CCOC(=O)C(CCC(=CCCc1ccc2c(c1)OCO2)CC)C(=O)CC. The van der Waals surface area contributed by atoms with Crippen LogP contribution in [-0.2, 0) is 20.7 Å². The van der Waals surface area contributed by atoms with Crippen LogP contribution in [0.25, 0.3) is 0 Å². The largest absolute Gasteiger partial charge is 0.465 e. The van der Waals surface area contributed by atoms with E-state index in [4.69, 9.17) is 14.2 Å². The van der Waals surface area contributed by atoms with Gasteiger partial charge in [0.05, 0.1) is 6.61 Å². The Morgan fingerprint density at radius 3 is 2.63 bits per heavy atom. The third kappa shape index (κ3) is 6.12. The number of esters is 1. The molecule has 0 radical (unpaired) electrons. The second-order valence-electron chi connectivity index (χ2n) is 6.61. The summed E-state index contributed by atoms with van der Waals surface area (Å²) in [6, 6.07) is 6.03. The Hall–Kier alpha value is -2.30. The van der Waals surface area contributed by atoms with E-state index in [0.29, 0.717) is 19.4 Å². The molecule has 0 spiro atoms. The second kappa shape index (κ2) is 10.8. The molecular formula is C22H30O5. The molecule has 1 aromatic carbocycles. The van der Waals surface area contributed by atoms with Crippen LogP contribution >= 0.6 is 0 Å². The Kier molecular flexibility index (Phi) is 8.37. The van der Waals surface area contributed by atoms with Crippen molar-refractivity contribution in [3.8, 4) is 11.5 Å². The Morgan fingerprint density at radius 2 is 1.93 bits per heavy atom. The summed E-state index contributed by atoms with van der Waals surface area (Å²) in [7, 11) is 0. The highest BCUT2D eigenvalue weighted by atomic mass is 16.7. The zero-order valence-electron chi connectivity index (χ0n) is 16.6. The molecular weight excluding hydrogens is 344 g/mol. The summed E-state index contributed by atoms with van der Waals surface area (Å²) in [5.41, 5.74) is 2.48. The maximum absolute atomic E-state index is 12.1. The lowest BCUT2D eigenvalue weighted by Crippen LogP contribution is -2.25. The summed E-state index contributed by atoms with van der Waals surface area (Å²) < 4.78 is 15.8. The van der Waals surface area contributed by atoms with E-state index in [1.807, 2.05) is 12.1 Å². The van der Waals surface area contributed by atoms with Crippen LogP contribution in [0.5, 0.6) is 11.5 Å². The van der Waals surface area contributed by atoms with Crippen molar-refractivity contribution in [3.63, 3.8) is 0 Å². The van der Waals surface area contributed by atoms with Gasteiger partial charge in [-0.3, -0.25) is 9.59 Å². The van der Waals surface area contributed by atoms with Gasteiger partial charge in [-0.15, -0.1) is 0 Å². The van der Waals surface area contributed by atoms with Crippen LogP contribution in [-0.4, -0.2) is 25.2 Å². The molecule has 1 aromatic rings. The summed E-state index contributed by atoms with van der Waals surface area (Å²) in [4.78, 5) is 24.1. The van der Waals surface area contributed by atoms with E-state index in [2.05, 4.69) is 19.1 Å². The summed E-state index contributed by atoms with van der Waals surface area (Å²) in [6.07, 6.45) is 6.59. The number of rotatable bonds is 11. The molecule has 2 rings (SSSR count). The smallest absolute Gasteiger partial charge is 0.316 e. The minimum absolute atomic E-state index is 0.0377. The number of allylic oxidation sites excluding steroid dienone is 2. The average Bonchev–Trinajstić information content (AvgIpc) is 3.14. The number of hydrogen-bond acceptors (Lipinski definition) is 5. The van der Waals surface area contributed by atoms with Crippen molar-refractivity contribution in [1.82, 2.24) is 0 Å². The van der Waals surface area contributed by atoms with Crippen molar-refractivity contribution in [2.24, 2.45) is 5.92 Å². The van der Waals surface area contributed by atoms with Gasteiger partial charge in [0.1, 0.15) is 11.7 Å². The van der Waals surface area contributed by atoms with Gasteiger partial charge in [0.15, 0.2) is 11.5 Å². The van der Waals surface area contributed by atoms with Gasteiger partial charge in [0, 0.05) is 6.42 Å². The number of fused-ring (bicyclic) bond motifs is 1.